The van der Waals surface area contributed by atoms with Crippen LogP contribution >= 0.6 is 11.3 Å². The predicted molar refractivity (Wildman–Crippen MR) is 136 cm³/mol. The highest BCUT2D eigenvalue weighted by Crippen LogP contribution is 2.44. The molecule has 1 saturated heterocycles. The molecule has 1 atom stereocenters. The van der Waals surface area contributed by atoms with Gasteiger partial charge in [-0.2, -0.15) is 0 Å². The number of hydrogen-bond acceptors (Lipinski definition) is 8. The van der Waals surface area contributed by atoms with Crippen LogP contribution < -0.4 is 9.64 Å². The molecule has 1 fully saturated rings. The van der Waals surface area contributed by atoms with Crippen LogP contribution in [-0.2, 0) is 14.3 Å². The third-order valence-corrected chi connectivity index (χ3v) is 7.00. The lowest BCUT2D eigenvalue weighted by atomic mass is 9.95. The number of benzene rings is 2. The Balaban J connectivity index is 1.85. The minimum Gasteiger partial charge on any atom is -0.507 e. The number of carbonyl (C=O) groups is 3. The van der Waals surface area contributed by atoms with Gasteiger partial charge in [0.15, 0.2) is 5.13 Å². The average Bonchev–Trinajstić information content (AvgIpc) is 3.40. The van der Waals surface area contributed by atoms with E-state index in [1.807, 2.05) is 6.92 Å². The molecule has 1 N–H and O–H groups in total. The first-order valence-electron chi connectivity index (χ1n) is 11.6. The van der Waals surface area contributed by atoms with Crippen molar-refractivity contribution in [2.24, 2.45) is 0 Å². The number of aliphatic hydroxyl groups excluding tert-OH is 1. The molecule has 3 aromatic rings. The van der Waals surface area contributed by atoms with Crippen LogP contribution in [-0.4, -0.2) is 41.5 Å². The first kappa shape index (κ1) is 26.0. The maximum atomic E-state index is 13.7. The first-order valence-corrected chi connectivity index (χ1v) is 12.4. The van der Waals surface area contributed by atoms with Gasteiger partial charge in [0.1, 0.15) is 22.2 Å². The van der Waals surface area contributed by atoms with Gasteiger partial charge in [-0.15, -0.1) is 0 Å². The van der Waals surface area contributed by atoms with E-state index in [2.05, 4.69) is 4.98 Å². The van der Waals surface area contributed by atoms with Crippen molar-refractivity contribution >= 4 is 39.9 Å². The molecule has 2 aromatic carbocycles. The first-order chi connectivity index (χ1) is 17.8. The second kappa shape index (κ2) is 10.9. The maximum absolute atomic E-state index is 13.7. The Hall–Kier alpha value is -4.05. The number of ketones is 1. The molecule has 0 bridgehead atoms. The molecule has 0 aliphatic carbocycles. The van der Waals surface area contributed by atoms with Gasteiger partial charge in [0.05, 0.1) is 31.0 Å². The summed E-state index contributed by atoms with van der Waals surface area (Å²) >= 11 is 0.889. The van der Waals surface area contributed by atoms with E-state index >= 15 is 0 Å². The largest absolute Gasteiger partial charge is 0.507 e. The second-order valence-corrected chi connectivity index (χ2v) is 9.33. The number of Topliss-reactive ketones (excluding diaryl/α,β-unsaturated/α-hetero) is 1. The van der Waals surface area contributed by atoms with Gasteiger partial charge in [0.25, 0.3) is 5.78 Å². The number of hydrogen-bond donors (Lipinski definition) is 1. The number of aromatic nitrogens is 1. The van der Waals surface area contributed by atoms with Crippen LogP contribution in [0.5, 0.6) is 5.75 Å². The molecule has 4 rings (SSSR count). The lowest BCUT2D eigenvalue weighted by molar-refractivity contribution is -0.132. The molecular formula is C27H25FN2O6S. The van der Waals surface area contributed by atoms with Crippen molar-refractivity contribution in [3.63, 3.8) is 0 Å². The summed E-state index contributed by atoms with van der Waals surface area (Å²) in [5.41, 5.74) is 0.799. The van der Waals surface area contributed by atoms with Crippen LogP contribution in [0.3, 0.4) is 0 Å². The maximum Gasteiger partial charge on any atom is 0.350 e. The summed E-state index contributed by atoms with van der Waals surface area (Å²) < 4.78 is 24.2. The van der Waals surface area contributed by atoms with Gasteiger partial charge in [-0.25, -0.2) is 14.2 Å². The van der Waals surface area contributed by atoms with E-state index in [9.17, 15) is 23.9 Å². The van der Waals surface area contributed by atoms with Gasteiger partial charge >= 0.3 is 11.9 Å². The number of unbranched alkanes of at least 4 members (excludes halogenated alkanes) is 1. The summed E-state index contributed by atoms with van der Waals surface area (Å²) in [5.74, 6) is -2.90. The molecule has 0 radical (unpaired) electrons. The number of thiazole rings is 1. The summed E-state index contributed by atoms with van der Waals surface area (Å²) in [4.78, 5) is 44.4. The standard InChI is InChI=1S/C27H25FN2O6S/c1-4-5-13-36-19-8-6-7-17(14-19)22(31)20-21(16-9-11-18(28)12-10-16)30(25(33)23(20)32)27-29-15(2)24(37-27)26(34)35-3/h6-12,14,21,31H,4-5,13H2,1-3H3/b22-20+. The third-order valence-electron chi connectivity index (χ3n) is 5.87. The van der Waals surface area contributed by atoms with Crippen molar-refractivity contribution in [3.05, 3.63) is 81.6 Å². The number of halogens is 1. The van der Waals surface area contributed by atoms with Crippen LogP contribution in [0.25, 0.3) is 5.76 Å². The fourth-order valence-electron chi connectivity index (χ4n) is 3.98. The summed E-state index contributed by atoms with van der Waals surface area (Å²) in [6, 6.07) is 10.7. The number of rotatable bonds is 8. The number of aryl methyl sites for hydroxylation is 1. The van der Waals surface area contributed by atoms with Gasteiger partial charge in [-0.1, -0.05) is 48.9 Å². The van der Waals surface area contributed by atoms with E-state index in [1.54, 1.807) is 31.2 Å². The fraction of sp³-hybridized carbons (Fsp3) is 0.259. The number of amides is 1. The zero-order valence-electron chi connectivity index (χ0n) is 20.5. The number of methoxy groups -OCH3 is 1. The molecule has 0 saturated carbocycles. The highest BCUT2D eigenvalue weighted by molar-refractivity contribution is 7.17. The number of nitrogens with zero attached hydrogens (tertiary/aromatic N) is 2. The Kier molecular flexibility index (Phi) is 7.68. The molecule has 1 amide bonds. The van der Waals surface area contributed by atoms with Crippen molar-refractivity contribution in [2.45, 2.75) is 32.7 Å². The van der Waals surface area contributed by atoms with E-state index in [0.29, 0.717) is 23.6 Å². The number of anilines is 1. The third kappa shape index (κ3) is 5.10. The van der Waals surface area contributed by atoms with Crippen molar-refractivity contribution < 1.29 is 33.4 Å². The lowest BCUT2D eigenvalue weighted by Crippen LogP contribution is -2.29. The fourth-order valence-corrected chi connectivity index (χ4v) is 4.99. The number of esters is 1. The summed E-state index contributed by atoms with van der Waals surface area (Å²) in [6.45, 7) is 4.12. The van der Waals surface area contributed by atoms with Crippen LogP contribution in [0.1, 0.15) is 52.3 Å². The highest BCUT2D eigenvalue weighted by Gasteiger charge is 2.48. The van der Waals surface area contributed by atoms with Crippen LogP contribution in [0.4, 0.5) is 9.52 Å². The molecule has 0 spiro atoms. The topological polar surface area (TPSA) is 106 Å². The molecule has 1 aliphatic rings. The van der Waals surface area contributed by atoms with Gasteiger partial charge in [0, 0.05) is 5.56 Å². The summed E-state index contributed by atoms with van der Waals surface area (Å²) in [7, 11) is 1.23. The molecule has 1 aliphatic heterocycles. The van der Waals surface area contributed by atoms with Crippen molar-refractivity contribution in [1.82, 2.24) is 4.98 Å². The van der Waals surface area contributed by atoms with Gasteiger partial charge in [-0.3, -0.25) is 14.5 Å². The normalized spacial score (nSPS) is 16.8. The minimum atomic E-state index is -1.11. The molecule has 10 heteroatoms. The zero-order valence-corrected chi connectivity index (χ0v) is 21.3. The van der Waals surface area contributed by atoms with Gasteiger partial charge in [0.2, 0.25) is 0 Å². The molecule has 1 unspecified atom stereocenters. The SMILES string of the molecule is CCCCOc1cccc(/C(O)=C2\C(=O)C(=O)N(c3nc(C)c(C(=O)OC)s3)C2c2ccc(F)cc2)c1. The molecule has 192 valence electrons. The number of carbonyl (C=O) groups excluding carboxylic acids is 3. The summed E-state index contributed by atoms with van der Waals surface area (Å²) in [6.07, 6.45) is 1.81. The Bertz CT molecular complexity index is 1380. The molecule has 1 aromatic heterocycles. The molecule has 2 heterocycles. The Labute approximate surface area is 217 Å². The molecule has 8 nitrogen and oxygen atoms in total. The van der Waals surface area contributed by atoms with Crippen LogP contribution in [0.2, 0.25) is 0 Å². The van der Waals surface area contributed by atoms with Gasteiger partial charge < -0.3 is 14.6 Å². The van der Waals surface area contributed by atoms with Crippen molar-refractivity contribution in [3.8, 4) is 5.75 Å². The lowest BCUT2D eigenvalue weighted by Gasteiger charge is -2.23. The minimum absolute atomic E-state index is 0.0741. The second-order valence-electron chi connectivity index (χ2n) is 8.35. The van der Waals surface area contributed by atoms with Gasteiger partial charge in [-0.05, 0) is 43.2 Å². The quantitative estimate of drug-likeness (QED) is 0.142. The predicted octanol–water partition coefficient (Wildman–Crippen LogP) is 5.18. The zero-order chi connectivity index (χ0) is 26.7. The smallest absolute Gasteiger partial charge is 0.350 e. The summed E-state index contributed by atoms with van der Waals surface area (Å²) in [5, 5.41) is 11.4. The van der Waals surface area contributed by atoms with Crippen LogP contribution in [0, 0.1) is 12.7 Å². The molecular weight excluding hydrogens is 499 g/mol. The van der Waals surface area contributed by atoms with E-state index in [4.69, 9.17) is 9.47 Å². The van der Waals surface area contributed by atoms with E-state index in [-0.39, 0.29) is 21.1 Å². The van der Waals surface area contributed by atoms with Crippen molar-refractivity contribution in [2.75, 3.05) is 18.6 Å². The van der Waals surface area contributed by atoms with E-state index < -0.39 is 35.3 Å². The average molecular weight is 525 g/mol. The monoisotopic (exact) mass is 524 g/mol. The number of aliphatic hydroxyl groups is 1. The Morgan fingerprint density at radius 3 is 2.59 bits per heavy atom. The highest BCUT2D eigenvalue weighted by atomic mass is 32.1. The van der Waals surface area contributed by atoms with Crippen LogP contribution in [0.15, 0.2) is 54.1 Å². The number of ether oxygens (including phenoxy) is 2. The Morgan fingerprint density at radius 1 is 1.19 bits per heavy atom. The van der Waals surface area contributed by atoms with Crippen molar-refractivity contribution in [1.29, 1.82) is 0 Å². The Morgan fingerprint density at radius 2 is 1.92 bits per heavy atom. The van der Waals surface area contributed by atoms with E-state index in [1.165, 1.54) is 31.4 Å². The van der Waals surface area contributed by atoms with E-state index in [0.717, 1.165) is 29.1 Å². The molecule has 37 heavy (non-hydrogen) atoms.